The molecule has 0 radical (unpaired) electrons. The highest BCUT2D eigenvalue weighted by atomic mass is 16.6. The standard InChI is InChI=1S/C23H19N3O4/c27-21(13-10-16-8-11-18(12-9-16)26(29)30)20-15-25(17-5-2-1-3-6-17)23-19(22(20)28)7-4-14-24-23/h1-9,11-12,14,28H,10,13,15H2. The number of benzene rings is 2. The highest BCUT2D eigenvalue weighted by Gasteiger charge is 2.29. The van der Waals surface area contributed by atoms with E-state index in [4.69, 9.17) is 0 Å². The summed E-state index contributed by atoms with van der Waals surface area (Å²) in [6, 6.07) is 19.2. The molecular formula is C23H19N3O4. The van der Waals surface area contributed by atoms with Gasteiger partial charge in [-0.25, -0.2) is 4.98 Å². The summed E-state index contributed by atoms with van der Waals surface area (Å²) in [5, 5.41) is 21.5. The first-order valence-electron chi connectivity index (χ1n) is 9.51. The number of aryl methyl sites for hydroxylation is 1. The van der Waals surface area contributed by atoms with Crippen LogP contribution in [0.3, 0.4) is 0 Å². The molecule has 0 amide bonds. The fourth-order valence-corrected chi connectivity index (χ4v) is 3.50. The number of pyridine rings is 1. The van der Waals surface area contributed by atoms with Crippen molar-refractivity contribution in [3.63, 3.8) is 0 Å². The van der Waals surface area contributed by atoms with Crippen LogP contribution in [-0.4, -0.2) is 27.3 Å². The van der Waals surface area contributed by atoms with Gasteiger partial charge in [0.05, 0.1) is 22.6 Å². The number of para-hydroxylation sites is 1. The molecule has 30 heavy (non-hydrogen) atoms. The van der Waals surface area contributed by atoms with Gasteiger partial charge >= 0.3 is 0 Å². The first kappa shape index (κ1) is 19.3. The topological polar surface area (TPSA) is 96.6 Å². The quantitative estimate of drug-likeness (QED) is 0.478. The van der Waals surface area contributed by atoms with Gasteiger partial charge in [-0.05, 0) is 36.2 Å². The number of non-ortho nitro benzene ring substituents is 1. The zero-order valence-electron chi connectivity index (χ0n) is 16.1. The molecule has 0 aliphatic carbocycles. The lowest BCUT2D eigenvalue weighted by Crippen LogP contribution is -2.30. The molecule has 7 heteroatoms. The molecule has 3 aromatic rings. The van der Waals surface area contributed by atoms with E-state index in [0.717, 1.165) is 11.3 Å². The molecule has 0 saturated carbocycles. The third-order valence-corrected chi connectivity index (χ3v) is 5.09. The third-order valence-electron chi connectivity index (χ3n) is 5.09. The van der Waals surface area contributed by atoms with Gasteiger partial charge in [0.2, 0.25) is 0 Å². The maximum absolute atomic E-state index is 13.0. The predicted octanol–water partition coefficient (Wildman–Crippen LogP) is 4.61. The van der Waals surface area contributed by atoms with Crippen LogP contribution in [0.2, 0.25) is 0 Å². The lowest BCUT2D eigenvalue weighted by Gasteiger charge is -2.31. The summed E-state index contributed by atoms with van der Waals surface area (Å²) >= 11 is 0. The van der Waals surface area contributed by atoms with Gasteiger partial charge in [-0.2, -0.15) is 0 Å². The van der Waals surface area contributed by atoms with Crippen LogP contribution in [0.1, 0.15) is 17.5 Å². The molecule has 0 bridgehead atoms. The number of anilines is 2. The minimum absolute atomic E-state index is 0.0142. The number of hydrogen-bond donors (Lipinski definition) is 1. The van der Waals surface area contributed by atoms with Gasteiger partial charge in [-0.3, -0.25) is 14.9 Å². The van der Waals surface area contributed by atoms with Crippen molar-refractivity contribution < 1.29 is 14.8 Å². The molecule has 1 aliphatic rings. The number of nitro groups is 1. The Morgan fingerprint density at radius 2 is 1.80 bits per heavy atom. The summed E-state index contributed by atoms with van der Waals surface area (Å²) in [5.41, 5.74) is 2.57. The monoisotopic (exact) mass is 401 g/mol. The molecule has 0 atom stereocenters. The summed E-state index contributed by atoms with van der Waals surface area (Å²) in [6.45, 7) is 0.221. The van der Waals surface area contributed by atoms with Crippen LogP contribution in [0.15, 0.2) is 78.5 Å². The molecule has 1 aliphatic heterocycles. The van der Waals surface area contributed by atoms with Crippen LogP contribution in [0, 0.1) is 10.1 Å². The van der Waals surface area contributed by atoms with Crippen molar-refractivity contribution in [1.29, 1.82) is 0 Å². The van der Waals surface area contributed by atoms with Gasteiger partial charge in [-0.1, -0.05) is 30.3 Å². The second kappa shape index (κ2) is 8.16. The number of carbonyl (C=O) groups excluding carboxylic acids is 1. The first-order chi connectivity index (χ1) is 14.5. The van der Waals surface area contributed by atoms with Crippen molar-refractivity contribution >= 4 is 28.7 Å². The Morgan fingerprint density at radius 1 is 1.07 bits per heavy atom. The Bertz CT molecular complexity index is 1120. The van der Waals surface area contributed by atoms with E-state index in [-0.39, 0.29) is 30.2 Å². The highest BCUT2D eigenvalue weighted by molar-refractivity contribution is 6.05. The zero-order valence-corrected chi connectivity index (χ0v) is 16.1. The Morgan fingerprint density at radius 3 is 2.50 bits per heavy atom. The van der Waals surface area contributed by atoms with E-state index in [1.807, 2.05) is 35.2 Å². The minimum Gasteiger partial charge on any atom is -0.507 e. The number of fused-ring (bicyclic) bond motifs is 1. The molecule has 7 nitrogen and oxygen atoms in total. The Balaban J connectivity index is 1.58. The number of aliphatic hydroxyl groups is 1. The molecule has 4 rings (SSSR count). The van der Waals surface area contributed by atoms with Gasteiger partial charge in [0, 0.05) is 30.4 Å². The molecule has 1 N–H and O–H groups in total. The van der Waals surface area contributed by atoms with Gasteiger partial charge < -0.3 is 10.0 Å². The molecule has 1 aromatic heterocycles. The van der Waals surface area contributed by atoms with E-state index in [2.05, 4.69) is 4.98 Å². The van der Waals surface area contributed by atoms with E-state index in [1.54, 1.807) is 30.5 Å². The second-order valence-electron chi connectivity index (χ2n) is 6.97. The third kappa shape index (κ3) is 3.77. The lowest BCUT2D eigenvalue weighted by atomic mass is 9.96. The van der Waals surface area contributed by atoms with Crippen LogP contribution in [0.5, 0.6) is 0 Å². The van der Waals surface area contributed by atoms with Crippen molar-refractivity contribution in [2.45, 2.75) is 12.8 Å². The summed E-state index contributed by atoms with van der Waals surface area (Å²) < 4.78 is 0. The highest BCUT2D eigenvalue weighted by Crippen LogP contribution is 2.36. The maximum Gasteiger partial charge on any atom is 0.269 e. The van der Waals surface area contributed by atoms with E-state index < -0.39 is 4.92 Å². The molecule has 150 valence electrons. The Labute approximate surface area is 173 Å². The predicted molar refractivity (Wildman–Crippen MR) is 114 cm³/mol. The van der Waals surface area contributed by atoms with Crippen LogP contribution in [0.4, 0.5) is 17.2 Å². The molecule has 0 spiro atoms. The van der Waals surface area contributed by atoms with Crippen LogP contribution in [-0.2, 0) is 11.2 Å². The summed E-state index contributed by atoms with van der Waals surface area (Å²) in [6.07, 6.45) is 2.28. The number of aromatic nitrogens is 1. The number of hydrogen-bond acceptors (Lipinski definition) is 6. The van der Waals surface area contributed by atoms with E-state index in [9.17, 15) is 20.0 Å². The van der Waals surface area contributed by atoms with Crippen molar-refractivity contribution in [2.75, 3.05) is 11.4 Å². The lowest BCUT2D eigenvalue weighted by molar-refractivity contribution is -0.384. The van der Waals surface area contributed by atoms with E-state index in [0.29, 0.717) is 23.4 Å². The molecule has 2 heterocycles. The maximum atomic E-state index is 13.0. The Hall–Kier alpha value is -4.00. The SMILES string of the molecule is O=C(CCc1ccc([N+](=O)[O-])cc1)C1=C(O)c2cccnc2N(c2ccccc2)C1. The van der Waals surface area contributed by atoms with Crippen LogP contribution < -0.4 is 4.90 Å². The van der Waals surface area contributed by atoms with Gasteiger partial charge in [0.25, 0.3) is 5.69 Å². The number of nitrogens with zero attached hydrogens (tertiary/aromatic N) is 3. The molecule has 2 aromatic carbocycles. The largest absolute Gasteiger partial charge is 0.507 e. The number of rotatable bonds is 6. The smallest absolute Gasteiger partial charge is 0.269 e. The van der Waals surface area contributed by atoms with Crippen molar-refractivity contribution in [3.05, 3.63) is 99.7 Å². The fourth-order valence-electron chi connectivity index (χ4n) is 3.50. The second-order valence-corrected chi connectivity index (χ2v) is 6.97. The van der Waals surface area contributed by atoms with Crippen LogP contribution >= 0.6 is 0 Å². The van der Waals surface area contributed by atoms with E-state index >= 15 is 0 Å². The number of ketones is 1. The number of carbonyl (C=O) groups is 1. The molecule has 0 unspecified atom stereocenters. The summed E-state index contributed by atoms with van der Waals surface area (Å²) in [4.78, 5) is 29.6. The molecular weight excluding hydrogens is 382 g/mol. The zero-order chi connectivity index (χ0) is 21.1. The number of aliphatic hydroxyl groups excluding tert-OH is 1. The average molecular weight is 401 g/mol. The van der Waals surface area contributed by atoms with Gasteiger partial charge in [-0.15, -0.1) is 0 Å². The summed E-state index contributed by atoms with van der Waals surface area (Å²) in [7, 11) is 0. The average Bonchev–Trinajstić information content (AvgIpc) is 2.79. The fraction of sp³-hybridized carbons (Fsp3) is 0.130. The van der Waals surface area contributed by atoms with Crippen molar-refractivity contribution in [2.24, 2.45) is 0 Å². The Kier molecular flexibility index (Phi) is 5.26. The van der Waals surface area contributed by atoms with Gasteiger partial charge in [0.1, 0.15) is 11.6 Å². The van der Waals surface area contributed by atoms with E-state index in [1.165, 1.54) is 12.1 Å². The van der Waals surface area contributed by atoms with Gasteiger partial charge in [0.15, 0.2) is 5.78 Å². The minimum atomic E-state index is -0.455. The normalized spacial score (nSPS) is 13.1. The number of nitro benzene ring substituents is 1. The molecule has 0 saturated heterocycles. The molecule has 0 fully saturated rings. The van der Waals surface area contributed by atoms with Crippen LogP contribution in [0.25, 0.3) is 5.76 Å². The van der Waals surface area contributed by atoms with Crippen molar-refractivity contribution in [1.82, 2.24) is 4.98 Å². The van der Waals surface area contributed by atoms with Crippen molar-refractivity contribution in [3.8, 4) is 0 Å². The summed E-state index contributed by atoms with van der Waals surface area (Å²) in [5.74, 6) is 0.397. The number of Topliss-reactive ketones (excluding diaryl/α,β-unsaturated/α-hetero) is 1. The first-order valence-corrected chi connectivity index (χ1v) is 9.51.